The largest absolute Gasteiger partial charge is 0.477 e. The van der Waals surface area contributed by atoms with Crippen LogP contribution >= 0.6 is 0 Å². The molecule has 1 aliphatic heterocycles. The van der Waals surface area contributed by atoms with E-state index in [0.29, 0.717) is 24.0 Å². The molecule has 5 nitrogen and oxygen atoms in total. The van der Waals surface area contributed by atoms with Crippen molar-refractivity contribution in [1.82, 2.24) is 4.98 Å². The summed E-state index contributed by atoms with van der Waals surface area (Å²) in [6.45, 7) is 2.11. The van der Waals surface area contributed by atoms with Gasteiger partial charge in [0.1, 0.15) is 5.56 Å². The van der Waals surface area contributed by atoms with Crippen LogP contribution in [0.15, 0.2) is 18.3 Å². The maximum absolute atomic E-state index is 11.2. The van der Waals surface area contributed by atoms with E-state index in [-0.39, 0.29) is 0 Å². The average Bonchev–Trinajstić information content (AvgIpc) is 2.38. The van der Waals surface area contributed by atoms with Crippen LogP contribution in [0, 0.1) is 5.92 Å². The quantitative estimate of drug-likeness (QED) is 0.845. The second-order valence-corrected chi connectivity index (χ2v) is 4.09. The highest BCUT2D eigenvalue weighted by molar-refractivity contribution is 5.94. The first-order chi connectivity index (χ1) is 8.27. The number of aromatic nitrogens is 1. The van der Waals surface area contributed by atoms with E-state index in [1.807, 2.05) is 0 Å². The van der Waals surface area contributed by atoms with Crippen LogP contribution in [0.3, 0.4) is 0 Å². The summed E-state index contributed by atoms with van der Waals surface area (Å²) in [4.78, 5) is 15.2. The molecule has 1 fully saturated rings. The van der Waals surface area contributed by atoms with Crippen molar-refractivity contribution in [2.75, 3.05) is 19.8 Å². The molecule has 0 aliphatic carbocycles. The third-order valence-electron chi connectivity index (χ3n) is 2.83. The summed E-state index contributed by atoms with van der Waals surface area (Å²) < 4.78 is 10.8. The second kappa shape index (κ2) is 5.63. The molecule has 0 aromatic carbocycles. The third-order valence-corrected chi connectivity index (χ3v) is 2.83. The van der Waals surface area contributed by atoms with Crippen molar-refractivity contribution in [3.05, 3.63) is 23.9 Å². The number of amides is 1. The maximum atomic E-state index is 11.2. The first-order valence-corrected chi connectivity index (χ1v) is 5.72. The fraction of sp³-hybridized carbons (Fsp3) is 0.500. The van der Waals surface area contributed by atoms with Gasteiger partial charge in [-0.05, 0) is 30.9 Å². The van der Waals surface area contributed by atoms with Gasteiger partial charge in [-0.1, -0.05) is 0 Å². The van der Waals surface area contributed by atoms with Crippen LogP contribution in [0.5, 0.6) is 5.88 Å². The lowest BCUT2D eigenvalue weighted by Crippen LogP contribution is -2.22. The van der Waals surface area contributed by atoms with Gasteiger partial charge in [0.25, 0.3) is 5.91 Å². The molecular formula is C12H16N2O3. The molecule has 1 aromatic rings. The van der Waals surface area contributed by atoms with Crippen LogP contribution in [0.25, 0.3) is 0 Å². The van der Waals surface area contributed by atoms with Gasteiger partial charge in [-0.15, -0.1) is 0 Å². The van der Waals surface area contributed by atoms with E-state index in [0.717, 1.165) is 26.1 Å². The fourth-order valence-electron chi connectivity index (χ4n) is 1.80. The number of hydrogen-bond donors (Lipinski definition) is 1. The number of carbonyl (C=O) groups is 1. The Balaban J connectivity index is 1.96. The molecule has 1 saturated heterocycles. The summed E-state index contributed by atoms with van der Waals surface area (Å²) in [7, 11) is 0. The smallest absolute Gasteiger partial charge is 0.254 e. The summed E-state index contributed by atoms with van der Waals surface area (Å²) in [6.07, 6.45) is 3.56. The molecule has 2 N–H and O–H groups in total. The Hall–Kier alpha value is -1.62. The zero-order valence-corrected chi connectivity index (χ0v) is 9.59. The zero-order valence-electron chi connectivity index (χ0n) is 9.59. The normalized spacial score (nSPS) is 16.7. The Morgan fingerprint density at radius 1 is 1.53 bits per heavy atom. The van der Waals surface area contributed by atoms with Crippen molar-refractivity contribution < 1.29 is 14.3 Å². The Bertz CT molecular complexity index is 389. The average molecular weight is 236 g/mol. The Kier molecular flexibility index (Phi) is 3.93. The molecule has 1 aliphatic rings. The molecule has 2 rings (SSSR count). The van der Waals surface area contributed by atoms with Crippen molar-refractivity contribution in [3.63, 3.8) is 0 Å². The molecule has 0 spiro atoms. The minimum atomic E-state index is -0.514. The van der Waals surface area contributed by atoms with Gasteiger partial charge < -0.3 is 15.2 Å². The standard InChI is InChI=1S/C12H16N2O3/c13-11(15)10-2-1-5-14-12(10)17-8-9-3-6-16-7-4-9/h1-2,5,9H,3-4,6-8H2,(H2,13,15). The van der Waals surface area contributed by atoms with Gasteiger partial charge in [0.05, 0.1) is 6.61 Å². The van der Waals surface area contributed by atoms with Crippen molar-refractivity contribution in [2.45, 2.75) is 12.8 Å². The highest BCUT2D eigenvalue weighted by Crippen LogP contribution is 2.18. The van der Waals surface area contributed by atoms with Crippen molar-refractivity contribution in [1.29, 1.82) is 0 Å². The Labute approximate surface area is 99.9 Å². The molecule has 2 heterocycles. The first kappa shape index (κ1) is 11.9. The lowest BCUT2D eigenvalue weighted by atomic mass is 10.0. The summed E-state index contributed by atoms with van der Waals surface area (Å²) in [5.41, 5.74) is 5.58. The number of hydrogen-bond acceptors (Lipinski definition) is 4. The zero-order chi connectivity index (χ0) is 12.1. The highest BCUT2D eigenvalue weighted by atomic mass is 16.5. The lowest BCUT2D eigenvalue weighted by molar-refractivity contribution is 0.0488. The van der Waals surface area contributed by atoms with Crippen LogP contribution in [0.4, 0.5) is 0 Å². The van der Waals surface area contributed by atoms with Gasteiger partial charge in [0.15, 0.2) is 0 Å². The van der Waals surface area contributed by atoms with Gasteiger partial charge >= 0.3 is 0 Å². The predicted octanol–water partition coefficient (Wildman–Crippen LogP) is 0.986. The first-order valence-electron chi connectivity index (χ1n) is 5.72. The molecule has 0 bridgehead atoms. The summed E-state index contributed by atoms with van der Waals surface area (Å²) in [5, 5.41) is 0. The minimum Gasteiger partial charge on any atom is -0.477 e. The Morgan fingerprint density at radius 2 is 2.29 bits per heavy atom. The van der Waals surface area contributed by atoms with Gasteiger partial charge in [0.2, 0.25) is 5.88 Å². The van der Waals surface area contributed by atoms with Crippen LogP contribution in [-0.2, 0) is 4.74 Å². The topological polar surface area (TPSA) is 74.4 Å². The van der Waals surface area contributed by atoms with Gasteiger partial charge in [-0.25, -0.2) is 4.98 Å². The third kappa shape index (κ3) is 3.17. The van der Waals surface area contributed by atoms with E-state index in [1.54, 1.807) is 18.3 Å². The van der Waals surface area contributed by atoms with E-state index in [9.17, 15) is 4.79 Å². The molecule has 0 atom stereocenters. The van der Waals surface area contributed by atoms with Crippen LogP contribution in [0.1, 0.15) is 23.2 Å². The van der Waals surface area contributed by atoms with Gasteiger partial charge in [-0.2, -0.15) is 0 Å². The Morgan fingerprint density at radius 3 is 3.00 bits per heavy atom. The van der Waals surface area contributed by atoms with Crippen LogP contribution < -0.4 is 10.5 Å². The minimum absolute atomic E-state index is 0.325. The number of nitrogens with zero attached hydrogens (tertiary/aromatic N) is 1. The molecule has 92 valence electrons. The predicted molar refractivity (Wildman–Crippen MR) is 61.8 cm³/mol. The molecule has 17 heavy (non-hydrogen) atoms. The molecular weight excluding hydrogens is 220 g/mol. The number of nitrogens with two attached hydrogens (primary N) is 1. The van der Waals surface area contributed by atoms with Crippen LogP contribution in [-0.4, -0.2) is 30.7 Å². The molecule has 5 heteroatoms. The highest BCUT2D eigenvalue weighted by Gasteiger charge is 2.16. The number of rotatable bonds is 4. The van der Waals surface area contributed by atoms with E-state index >= 15 is 0 Å². The number of pyridine rings is 1. The van der Waals surface area contributed by atoms with Crippen molar-refractivity contribution in [2.24, 2.45) is 11.7 Å². The maximum Gasteiger partial charge on any atom is 0.254 e. The number of ether oxygens (including phenoxy) is 2. The lowest BCUT2D eigenvalue weighted by Gasteiger charge is -2.22. The van der Waals surface area contributed by atoms with Gasteiger partial charge in [-0.3, -0.25) is 4.79 Å². The number of carbonyl (C=O) groups excluding carboxylic acids is 1. The summed E-state index contributed by atoms with van der Waals surface area (Å²) in [6, 6.07) is 3.29. The second-order valence-electron chi connectivity index (χ2n) is 4.09. The van der Waals surface area contributed by atoms with Crippen molar-refractivity contribution >= 4 is 5.91 Å². The molecule has 1 aromatic heterocycles. The SMILES string of the molecule is NC(=O)c1cccnc1OCC1CCOCC1. The molecule has 0 unspecified atom stereocenters. The van der Waals surface area contributed by atoms with Crippen molar-refractivity contribution in [3.8, 4) is 5.88 Å². The monoisotopic (exact) mass is 236 g/mol. The summed E-state index contributed by atoms with van der Waals surface area (Å²) in [5.74, 6) is 0.276. The van der Waals surface area contributed by atoms with E-state index in [1.165, 1.54) is 0 Å². The van der Waals surface area contributed by atoms with E-state index < -0.39 is 5.91 Å². The van der Waals surface area contributed by atoms with Crippen LogP contribution in [0.2, 0.25) is 0 Å². The summed E-state index contributed by atoms with van der Waals surface area (Å²) >= 11 is 0. The van der Waals surface area contributed by atoms with Gasteiger partial charge in [0, 0.05) is 19.4 Å². The molecule has 1 amide bonds. The van der Waals surface area contributed by atoms with E-state index in [4.69, 9.17) is 15.2 Å². The fourth-order valence-corrected chi connectivity index (χ4v) is 1.80. The molecule has 0 radical (unpaired) electrons. The number of primary amides is 1. The molecule has 0 saturated carbocycles. The van der Waals surface area contributed by atoms with E-state index in [2.05, 4.69) is 4.98 Å².